The van der Waals surface area contributed by atoms with Gasteiger partial charge in [0.05, 0.1) is 19.3 Å². The largest absolute Gasteiger partial charge is 0.488 e. The molecule has 6 rings (SSSR count). The fourth-order valence-corrected chi connectivity index (χ4v) is 7.63. The molecule has 2 aromatic rings. The van der Waals surface area contributed by atoms with Crippen LogP contribution in [0, 0.1) is 0 Å². The van der Waals surface area contributed by atoms with E-state index in [0.717, 1.165) is 68.6 Å². The van der Waals surface area contributed by atoms with E-state index in [9.17, 15) is 25.2 Å². The number of nitrogens with zero attached hydrogens (tertiary/aromatic N) is 2. The Morgan fingerprint density at radius 2 is 1.71 bits per heavy atom. The van der Waals surface area contributed by atoms with Gasteiger partial charge in [0.25, 0.3) is 0 Å². The van der Waals surface area contributed by atoms with E-state index in [0.29, 0.717) is 43.1 Å². The van der Waals surface area contributed by atoms with Crippen LogP contribution in [-0.4, -0.2) is 112 Å². The summed E-state index contributed by atoms with van der Waals surface area (Å²) in [5, 5.41) is 43.0. The molecule has 1 unspecified atom stereocenters. The topological polar surface area (TPSA) is 132 Å². The van der Waals surface area contributed by atoms with Crippen molar-refractivity contribution in [3.63, 3.8) is 0 Å². The molecule has 1 amide bonds. The van der Waals surface area contributed by atoms with Gasteiger partial charge in [-0.25, -0.2) is 4.79 Å². The van der Waals surface area contributed by atoms with Gasteiger partial charge in [0.1, 0.15) is 36.3 Å². The highest BCUT2D eigenvalue weighted by Gasteiger charge is 2.46. The lowest BCUT2D eigenvalue weighted by atomic mass is 9.85. The molecule has 11 heteroatoms. The first-order valence-electron chi connectivity index (χ1n) is 16.3. The summed E-state index contributed by atoms with van der Waals surface area (Å²) in [5.41, 5.74) is 2.61. The number of halogens is 1. The molecule has 4 aliphatic heterocycles. The van der Waals surface area contributed by atoms with Gasteiger partial charge in [-0.3, -0.25) is 4.90 Å². The number of amides is 1. The number of ether oxygens (including phenoxy) is 3. The van der Waals surface area contributed by atoms with Crippen LogP contribution in [0.5, 0.6) is 5.75 Å². The van der Waals surface area contributed by atoms with Crippen molar-refractivity contribution in [1.82, 2.24) is 9.80 Å². The van der Waals surface area contributed by atoms with Crippen molar-refractivity contribution in [2.75, 3.05) is 32.8 Å². The summed E-state index contributed by atoms with van der Waals surface area (Å²) in [4.78, 5) is 15.3. The second-order valence-electron chi connectivity index (χ2n) is 13.0. The highest BCUT2D eigenvalue weighted by atomic mass is 35.5. The normalized spacial score (nSPS) is 31.6. The summed E-state index contributed by atoms with van der Waals surface area (Å²) < 4.78 is 17.8. The molecule has 7 atom stereocenters. The number of aliphatic hydroxyl groups is 3. The van der Waals surface area contributed by atoms with Gasteiger partial charge < -0.3 is 39.5 Å². The van der Waals surface area contributed by atoms with Gasteiger partial charge in [-0.05, 0) is 80.0 Å². The predicted octanol–water partition coefficient (Wildman–Crippen LogP) is 4.01. The summed E-state index contributed by atoms with van der Waals surface area (Å²) in [6.45, 7) is 3.29. The van der Waals surface area contributed by atoms with E-state index in [2.05, 4.69) is 4.90 Å². The average molecular weight is 645 g/mol. The molecule has 4 fully saturated rings. The second kappa shape index (κ2) is 14.5. The van der Waals surface area contributed by atoms with Gasteiger partial charge in [-0.1, -0.05) is 42.3 Å². The maximum atomic E-state index is 11.4. The first-order valence-corrected chi connectivity index (χ1v) is 16.7. The molecule has 4 aliphatic rings. The third-order valence-corrected chi connectivity index (χ3v) is 10.4. The average Bonchev–Trinajstić information content (AvgIpc) is 3.57. The van der Waals surface area contributed by atoms with Gasteiger partial charge in [-0.15, -0.1) is 0 Å². The summed E-state index contributed by atoms with van der Waals surface area (Å²) >= 11 is 6.62. The number of hydrogen-bond donors (Lipinski definition) is 4. The molecule has 4 N–H and O–H groups in total. The van der Waals surface area contributed by atoms with E-state index >= 15 is 0 Å². The fourth-order valence-electron chi connectivity index (χ4n) is 7.45. The van der Waals surface area contributed by atoms with E-state index in [4.69, 9.17) is 25.8 Å². The standard InChI is InChI=1S/C34H45ClN2O8/c35-28-9-6-22(18-23(28)17-21-4-7-26(8-5-21)44-27-12-16-43-20-27)33-32(40)31(39)30(38)29(45-33)19-25-3-1-2-13-37(25)24-10-14-36(15-11-24)34(41)42/h4-9,18,24-25,27,29-33,38-40H,1-3,10-17,19-20H2,(H,41,42)/t25?,27-,29-,30-,31-,32-,33+/m1/s1. The van der Waals surface area contributed by atoms with Crippen molar-refractivity contribution in [2.45, 2.75) is 100 Å². The molecule has 45 heavy (non-hydrogen) atoms. The van der Waals surface area contributed by atoms with E-state index in [1.807, 2.05) is 36.4 Å². The lowest BCUT2D eigenvalue weighted by molar-refractivity contribution is -0.229. The smallest absolute Gasteiger partial charge is 0.407 e. The van der Waals surface area contributed by atoms with Crippen molar-refractivity contribution in [3.05, 3.63) is 64.2 Å². The molecular formula is C34H45ClN2O8. The Morgan fingerprint density at radius 3 is 2.42 bits per heavy atom. The Balaban J connectivity index is 1.13. The highest BCUT2D eigenvalue weighted by Crippen LogP contribution is 2.38. The van der Waals surface area contributed by atoms with Crippen LogP contribution in [0.4, 0.5) is 4.79 Å². The summed E-state index contributed by atoms with van der Waals surface area (Å²) in [6, 6.07) is 13.9. The zero-order valence-corrected chi connectivity index (χ0v) is 26.3. The van der Waals surface area contributed by atoms with Gasteiger partial charge in [0.15, 0.2) is 0 Å². The molecule has 0 aliphatic carbocycles. The summed E-state index contributed by atoms with van der Waals surface area (Å²) in [7, 11) is 0. The van der Waals surface area contributed by atoms with Gasteiger partial charge >= 0.3 is 6.09 Å². The minimum atomic E-state index is -1.36. The third kappa shape index (κ3) is 7.59. The molecule has 10 nitrogen and oxygen atoms in total. The monoisotopic (exact) mass is 644 g/mol. The van der Waals surface area contributed by atoms with Crippen molar-refractivity contribution in [2.24, 2.45) is 0 Å². The second-order valence-corrected chi connectivity index (χ2v) is 13.4. The quantitative estimate of drug-likeness (QED) is 0.337. The number of aliphatic hydroxyl groups excluding tert-OH is 3. The maximum absolute atomic E-state index is 11.4. The van der Waals surface area contributed by atoms with Crippen molar-refractivity contribution in [1.29, 1.82) is 0 Å². The number of carboxylic acid groups (broad SMARTS) is 1. The van der Waals surface area contributed by atoms with Crippen LogP contribution < -0.4 is 4.74 Å². The lowest BCUT2D eigenvalue weighted by Gasteiger charge is -2.47. The number of carbonyl (C=O) groups is 1. The Kier molecular flexibility index (Phi) is 10.5. The number of benzene rings is 2. The third-order valence-electron chi connectivity index (χ3n) is 10.0. The number of piperidine rings is 2. The highest BCUT2D eigenvalue weighted by molar-refractivity contribution is 6.31. The first kappa shape index (κ1) is 32.5. The van der Waals surface area contributed by atoms with Crippen molar-refractivity contribution >= 4 is 17.7 Å². The molecule has 2 aromatic carbocycles. The fraction of sp³-hybridized carbons (Fsp3) is 0.618. The molecule has 246 valence electrons. The molecule has 4 saturated heterocycles. The van der Waals surface area contributed by atoms with Gasteiger partial charge in [0, 0.05) is 36.6 Å². The molecule has 0 saturated carbocycles. The SMILES string of the molecule is O=C(O)N1CCC(N2CCCCC2C[C@H]2O[C@@H](c3ccc(Cl)c(Cc4ccc(O[C@@H]5CCOC5)cc4)c3)[C@H](O)[C@H](O)[C@@H]2O)CC1. The van der Waals surface area contributed by atoms with Crippen LogP contribution in [0.2, 0.25) is 5.02 Å². The van der Waals surface area contributed by atoms with E-state index in [1.165, 1.54) is 4.90 Å². The lowest BCUT2D eigenvalue weighted by Crippen LogP contribution is -2.57. The van der Waals surface area contributed by atoms with Gasteiger partial charge in [-0.2, -0.15) is 0 Å². The van der Waals surface area contributed by atoms with Crippen LogP contribution in [0.15, 0.2) is 42.5 Å². The van der Waals surface area contributed by atoms with Gasteiger partial charge in [0.2, 0.25) is 0 Å². The zero-order chi connectivity index (χ0) is 31.5. The first-order chi connectivity index (χ1) is 21.8. The minimum absolute atomic E-state index is 0.0832. The summed E-state index contributed by atoms with van der Waals surface area (Å²) in [6.07, 6.45) is 0.432. The van der Waals surface area contributed by atoms with Crippen molar-refractivity contribution < 1.29 is 39.4 Å². The van der Waals surface area contributed by atoms with E-state index in [-0.39, 0.29) is 18.2 Å². The Bertz CT molecular complexity index is 1280. The molecule has 0 aromatic heterocycles. The number of hydrogen-bond acceptors (Lipinski definition) is 8. The van der Waals surface area contributed by atoms with E-state index in [1.54, 1.807) is 6.07 Å². The Morgan fingerprint density at radius 1 is 0.933 bits per heavy atom. The molecule has 0 bridgehead atoms. The molecule has 4 heterocycles. The summed E-state index contributed by atoms with van der Waals surface area (Å²) in [5.74, 6) is 0.800. The number of likely N-dealkylation sites (tertiary alicyclic amines) is 2. The number of rotatable bonds is 8. The van der Waals surface area contributed by atoms with Crippen LogP contribution >= 0.6 is 11.6 Å². The molecular weight excluding hydrogens is 600 g/mol. The maximum Gasteiger partial charge on any atom is 0.407 e. The zero-order valence-electron chi connectivity index (χ0n) is 25.5. The van der Waals surface area contributed by atoms with Crippen LogP contribution in [0.25, 0.3) is 0 Å². The predicted molar refractivity (Wildman–Crippen MR) is 168 cm³/mol. The Labute approximate surface area is 269 Å². The van der Waals surface area contributed by atoms with Crippen LogP contribution in [-0.2, 0) is 15.9 Å². The molecule has 0 radical (unpaired) electrons. The van der Waals surface area contributed by atoms with Crippen LogP contribution in [0.1, 0.15) is 67.7 Å². The Hall–Kier alpha value is -2.44. The van der Waals surface area contributed by atoms with Crippen LogP contribution in [0.3, 0.4) is 0 Å². The minimum Gasteiger partial charge on any atom is -0.488 e. The van der Waals surface area contributed by atoms with E-state index < -0.39 is 36.6 Å². The molecule has 0 spiro atoms. The van der Waals surface area contributed by atoms with Crippen molar-refractivity contribution in [3.8, 4) is 5.75 Å².